The van der Waals surface area contributed by atoms with E-state index in [-0.39, 0.29) is 35.8 Å². The third-order valence-electron chi connectivity index (χ3n) is 5.15. The molecule has 32 heavy (non-hydrogen) atoms. The number of carbonyl (C=O) groups excluding carboxylic acids is 1. The van der Waals surface area contributed by atoms with Crippen LogP contribution in [0.5, 0.6) is 11.8 Å². The topological polar surface area (TPSA) is 101 Å². The third-order valence-corrected chi connectivity index (χ3v) is 7.06. The summed E-state index contributed by atoms with van der Waals surface area (Å²) in [7, 11) is -3.71. The van der Waals surface area contributed by atoms with E-state index in [0.29, 0.717) is 24.3 Å². The first-order valence-electron chi connectivity index (χ1n) is 10.0. The molecule has 166 valence electrons. The summed E-state index contributed by atoms with van der Waals surface area (Å²) in [5.74, 6) is -0.423. The normalized spacial score (nSPS) is 15.3. The second kappa shape index (κ2) is 9.41. The molecule has 4 rings (SSSR count). The van der Waals surface area contributed by atoms with Gasteiger partial charge in [0.25, 0.3) is 0 Å². The summed E-state index contributed by atoms with van der Waals surface area (Å²) in [4.78, 5) is 20.7. The summed E-state index contributed by atoms with van der Waals surface area (Å²) in [5.41, 5.74) is 0.609. The van der Waals surface area contributed by atoms with Gasteiger partial charge in [-0.05, 0) is 67.4 Å². The van der Waals surface area contributed by atoms with Gasteiger partial charge < -0.3 is 10.1 Å². The molecular formula is C22H21FN4O4S. The first-order valence-corrected chi connectivity index (χ1v) is 11.5. The molecular weight excluding hydrogens is 435 g/mol. The minimum atomic E-state index is -3.71. The molecule has 1 amide bonds. The van der Waals surface area contributed by atoms with Crippen molar-refractivity contribution in [1.29, 1.82) is 0 Å². The second-order valence-electron chi connectivity index (χ2n) is 7.28. The molecule has 2 aromatic carbocycles. The lowest BCUT2D eigenvalue weighted by atomic mass is 9.97. The third kappa shape index (κ3) is 5.09. The average molecular weight is 456 g/mol. The summed E-state index contributed by atoms with van der Waals surface area (Å²) in [6, 6.07) is 13.5. The molecule has 1 aromatic heterocycles. The molecule has 3 aromatic rings. The Balaban J connectivity index is 1.31. The van der Waals surface area contributed by atoms with Gasteiger partial charge in [0.2, 0.25) is 15.9 Å². The Morgan fingerprint density at radius 1 is 1.00 bits per heavy atom. The van der Waals surface area contributed by atoms with E-state index >= 15 is 0 Å². The van der Waals surface area contributed by atoms with Gasteiger partial charge in [0.05, 0.1) is 4.90 Å². The quantitative estimate of drug-likeness (QED) is 0.610. The largest absolute Gasteiger partial charge is 0.424 e. The molecule has 10 heteroatoms. The lowest BCUT2D eigenvalue weighted by Gasteiger charge is -2.30. The first kappa shape index (κ1) is 21.8. The van der Waals surface area contributed by atoms with Crippen molar-refractivity contribution in [2.24, 2.45) is 5.92 Å². The smallest absolute Gasteiger partial charge is 0.321 e. The Bertz CT molecular complexity index is 1160. The number of sulfonamides is 1. The van der Waals surface area contributed by atoms with E-state index in [1.54, 1.807) is 42.7 Å². The molecule has 0 unspecified atom stereocenters. The average Bonchev–Trinajstić information content (AvgIpc) is 2.81. The van der Waals surface area contributed by atoms with Crippen molar-refractivity contribution in [2.45, 2.75) is 17.7 Å². The molecule has 0 aliphatic carbocycles. The minimum Gasteiger partial charge on any atom is -0.424 e. The summed E-state index contributed by atoms with van der Waals surface area (Å²) in [5, 5.41) is 2.86. The number of anilines is 1. The molecule has 0 bridgehead atoms. The SMILES string of the molecule is O=C(Nc1ccc(Oc2ncccn2)cc1)C1CCN(S(=O)(=O)c2ccc(F)cc2)CC1. The van der Waals surface area contributed by atoms with Gasteiger partial charge in [-0.15, -0.1) is 0 Å². The molecule has 0 spiro atoms. The fourth-order valence-electron chi connectivity index (χ4n) is 3.41. The highest BCUT2D eigenvalue weighted by Crippen LogP contribution is 2.26. The van der Waals surface area contributed by atoms with Crippen molar-refractivity contribution >= 4 is 21.6 Å². The first-order chi connectivity index (χ1) is 15.4. The van der Waals surface area contributed by atoms with Crippen LogP contribution in [0.1, 0.15) is 12.8 Å². The van der Waals surface area contributed by atoms with E-state index in [4.69, 9.17) is 4.74 Å². The van der Waals surface area contributed by atoms with Gasteiger partial charge in [-0.2, -0.15) is 4.31 Å². The van der Waals surface area contributed by atoms with Gasteiger partial charge in [-0.3, -0.25) is 4.79 Å². The maximum Gasteiger partial charge on any atom is 0.321 e. The van der Waals surface area contributed by atoms with Crippen molar-refractivity contribution in [1.82, 2.24) is 14.3 Å². The summed E-state index contributed by atoms with van der Waals surface area (Å²) < 4.78 is 45.4. The second-order valence-corrected chi connectivity index (χ2v) is 9.22. The van der Waals surface area contributed by atoms with Gasteiger partial charge in [-0.25, -0.2) is 22.8 Å². The highest BCUT2D eigenvalue weighted by atomic mass is 32.2. The predicted octanol–water partition coefficient (Wildman–Crippen LogP) is 3.45. The fourth-order valence-corrected chi connectivity index (χ4v) is 4.88. The highest BCUT2D eigenvalue weighted by molar-refractivity contribution is 7.89. The van der Waals surface area contributed by atoms with Crippen LogP contribution >= 0.6 is 0 Å². The molecule has 2 heterocycles. The molecule has 1 aliphatic heterocycles. The van der Waals surface area contributed by atoms with Gasteiger partial charge in [0, 0.05) is 37.1 Å². The number of ether oxygens (including phenoxy) is 1. The molecule has 1 aliphatic rings. The zero-order valence-corrected chi connectivity index (χ0v) is 17.8. The van der Waals surface area contributed by atoms with Crippen LogP contribution in [0.4, 0.5) is 10.1 Å². The molecule has 8 nitrogen and oxygen atoms in total. The summed E-state index contributed by atoms with van der Waals surface area (Å²) in [6.45, 7) is 0.448. The van der Waals surface area contributed by atoms with Gasteiger partial charge in [0.15, 0.2) is 0 Å². The zero-order valence-electron chi connectivity index (χ0n) is 17.0. The van der Waals surface area contributed by atoms with E-state index in [1.165, 1.54) is 16.4 Å². The molecule has 1 fully saturated rings. The lowest BCUT2D eigenvalue weighted by Crippen LogP contribution is -2.41. The number of hydrogen-bond donors (Lipinski definition) is 1. The maximum absolute atomic E-state index is 13.1. The number of piperidine rings is 1. The molecule has 1 N–H and O–H groups in total. The monoisotopic (exact) mass is 456 g/mol. The van der Waals surface area contributed by atoms with Gasteiger partial charge in [0.1, 0.15) is 11.6 Å². The number of aromatic nitrogens is 2. The van der Waals surface area contributed by atoms with Crippen LogP contribution in [0.25, 0.3) is 0 Å². The predicted molar refractivity (Wildman–Crippen MR) is 115 cm³/mol. The van der Waals surface area contributed by atoms with Gasteiger partial charge in [-0.1, -0.05) is 0 Å². The van der Waals surface area contributed by atoms with Crippen molar-refractivity contribution < 1.29 is 22.3 Å². The van der Waals surface area contributed by atoms with Crippen LogP contribution in [-0.2, 0) is 14.8 Å². The lowest BCUT2D eigenvalue weighted by molar-refractivity contribution is -0.120. The van der Waals surface area contributed by atoms with Crippen LogP contribution in [0.2, 0.25) is 0 Å². The van der Waals surface area contributed by atoms with Crippen LogP contribution in [-0.4, -0.2) is 41.7 Å². The number of benzene rings is 2. The number of rotatable bonds is 6. The Labute approximate surface area is 185 Å². The Hall–Kier alpha value is -3.37. The van der Waals surface area contributed by atoms with E-state index < -0.39 is 15.8 Å². The highest BCUT2D eigenvalue weighted by Gasteiger charge is 2.32. The number of amides is 1. The Morgan fingerprint density at radius 2 is 1.62 bits per heavy atom. The molecule has 0 radical (unpaired) electrons. The number of hydrogen-bond acceptors (Lipinski definition) is 6. The number of nitrogens with one attached hydrogen (secondary N) is 1. The molecule has 0 saturated carbocycles. The molecule has 1 saturated heterocycles. The van der Waals surface area contributed by atoms with Crippen LogP contribution < -0.4 is 10.1 Å². The van der Waals surface area contributed by atoms with E-state index in [0.717, 1.165) is 12.1 Å². The van der Waals surface area contributed by atoms with Crippen molar-refractivity contribution in [3.8, 4) is 11.8 Å². The Morgan fingerprint density at radius 3 is 2.25 bits per heavy atom. The standard InChI is InChI=1S/C22H21FN4O4S/c23-17-2-8-20(9-3-17)32(29,30)27-14-10-16(11-15-27)21(28)26-18-4-6-19(7-5-18)31-22-24-12-1-13-25-22/h1-9,12-13,16H,10-11,14-15H2,(H,26,28). The zero-order chi connectivity index (χ0) is 22.6. The van der Waals surface area contributed by atoms with Crippen molar-refractivity contribution in [2.75, 3.05) is 18.4 Å². The Kier molecular flexibility index (Phi) is 6.42. The van der Waals surface area contributed by atoms with Crippen LogP contribution in [0.15, 0.2) is 71.9 Å². The van der Waals surface area contributed by atoms with E-state index in [9.17, 15) is 17.6 Å². The van der Waals surface area contributed by atoms with Crippen LogP contribution in [0, 0.1) is 11.7 Å². The summed E-state index contributed by atoms with van der Waals surface area (Å²) >= 11 is 0. The van der Waals surface area contributed by atoms with Crippen molar-refractivity contribution in [3.63, 3.8) is 0 Å². The number of nitrogens with zero attached hydrogens (tertiary/aromatic N) is 3. The van der Waals surface area contributed by atoms with Gasteiger partial charge >= 0.3 is 6.01 Å². The van der Waals surface area contributed by atoms with E-state index in [1.807, 2.05) is 0 Å². The maximum atomic E-state index is 13.1. The summed E-state index contributed by atoms with van der Waals surface area (Å²) in [6.07, 6.45) is 3.96. The number of halogens is 1. The molecule has 0 atom stereocenters. The van der Waals surface area contributed by atoms with Crippen LogP contribution in [0.3, 0.4) is 0 Å². The fraction of sp³-hybridized carbons (Fsp3) is 0.227. The minimum absolute atomic E-state index is 0.0463. The van der Waals surface area contributed by atoms with Crippen molar-refractivity contribution in [3.05, 3.63) is 72.8 Å². The number of carbonyl (C=O) groups is 1. The van der Waals surface area contributed by atoms with E-state index in [2.05, 4.69) is 15.3 Å².